The molecule has 2 amide bonds. The number of ether oxygens (including phenoxy) is 1. The number of aromatic nitrogens is 4. The van der Waals surface area contributed by atoms with E-state index in [0.29, 0.717) is 17.3 Å². The lowest BCUT2D eigenvalue weighted by Gasteiger charge is -2.35. The minimum Gasteiger partial charge on any atom is -0.444 e. The molecule has 0 bridgehead atoms. The van der Waals surface area contributed by atoms with Crippen LogP contribution in [0.3, 0.4) is 0 Å². The summed E-state index contributed by atoms with van der Waals surface area (Å²) in [7, 11) is 0. The number of carbonyl (C=O) groups excluding carboxylic acids is 2. The second-order valence-electron chi connectivity index (χ2n) is 10.7. The van der Waals surface area contributed by atoms with Crippen molar-refractivity contribution < 1.29 is 14.3 Å². The number of anilines is 1. The predicted molar refractivity (Wildman–Crippen MR) is 139 cm³/mol. The third-order valence-corrected chi connectivity index (χ3v) is 6.27. The molecular weight excluding hydrogens is 456 g/mol. The van der Waals surface area contributed by atoms with Crippen LogP contribution in [-0.2, 0) is 4.74 Å². The van der Waals surface area contributed by atoms with Crippen LogP contribution in [0, 0.1) is 5.92 Å². The fraction of sp³-hybridized carbons (Fsp3) is 0.444. The second kappa shape index (κ2) is 10.1. The maximum atomic E-state index is 13.2. The third-order valence-electron chi connectivity index (χ3n) is 6.27. The zero-order valence-corrected chi connectivity index (χ0v) is 21.5. The Balaban J connectivity index is 1.52. The van der Waals surface area contributed by atoms with Crippen LogP contribution in [0.4, 0.5) is 10.5 Å². The Morgan fingerprint density at radius 1 is 1.17 bits per heavy atom. The molecular formula is C27H34N6O3. The van der Waals surface area contributed by atoms with Gasteiger partial charge in [-0.25, -0.2) is 14.3 Å². The topological polar surface area (TPSA) is 111 Å². The molecule has 9 nitrogen and oxygen atoms in total. The fourth-order valence-corrected chi connectivity index (χ4v) is 4.80. The van der Waals surface area contributed by atoms with E-state index in [1.54, 1.807) is 35.4 Å². The number of hydrogen-bond donors (Lipinski definition) is 2. The van der Waals surface area contributed by atoms with Crippen LogP contribution in [-0.4, -0.2) is 43.2 Å². The molecule has 2 N–H and O–H groups in total. The molecule has 0 radical (unpaired) electrons. The fourth-order valence-electron chi connectivity index (χ4n) is 4.80. The van der Waals surface area contributed by atoms with Crippen molar-refractivity contribution in [2.75, 3.05) is 5.32 Å². The van der Waals surface area contributed by atoms with Crippen LogP contribution in [0.1, 0.15) is 81.4 Å². The van der Waals surface area contributed by atoms with Crippen molar-refractivity contribution in [2.24, 2.45) is 5.92 Å². The molecule has 36 heavy (non-hydrogen) atoms. The van der Waals surface area contributed by atoms with Crippen LogP contribution in [0.25, 0.3) is 11.2 Å². The van der Waals surface area contributed by atoms with E-state index in [2.05, 4.69) is 39.2 Å². The van der Waals surface area contributed by atoms with Gasteiger partial charge in [0.1, 0.15) is 11.3 Å². The van der Waals surface area contributed by atoms with Crippen LogP contribution >= 0.6 is 0 Å². The lowest BCUT2D eigenvalue weighted by atomic mass is 9.76. The lowest BCUT2D eigenvalue weighted by molar-refractivity contribution is 0.0482. The summed E-state index contributed by atoms with van der Waals surface area (Å²) in [6.07, 6.45) is 8.97. The average molecular weight is 491 g/mol. The molecule has 1 aliphatic carbocycles. The highest BCUT2D eigenvalue weighted by Crippen LogP contribution is 2.39. The molecule has 0 unspecified atom stereocenters. The Labute approximate surface area is 211 Å². The van der Waals surface area contributed by atoms with Crippen LogP contribution in [0.15, 0.2) is 43.5 Å². The monoisotopic (exact) mass is 490 g/mol. The molecule has 0 spiro atoms. The quantitative estimate of drug-likeness (QED) is 0.508. The van der Waals surface area contributed by atoms with Crippen molar-refractivity contribution in [3.63, 3.8) is 0 Å². The molecule has 1 aliphatic rings. The van der Waals surface area contributed by atoms with E-state index >= 15 is 0 Å². The Hall–Kier alpha value is -3.75. The number of amides is 2. The Bertz CT molecular complexity index is 1290. The van der Waals surface area contributed by atoms with Gasteiger partial charge in [0.15, 0.2) is 5.65 Å². The lowest BCUT2D eigenvalue weighted by Crippen LogP contribution is -2.42. The number of alkyl carbamates (subject to hydrolysis) is 1. The minimum absolute atomic E-state index is 0.0168. The van der Waals surface area contributed by atoms with E-state index in [9.17, 15) is 9.59 Å². The van der Waals surface area contributed by atoms with Gasteiger partial charge < -0.3 is 15.4 Å². The van der Waals surface area contributed by atoms with Gasteiger partial charge in [-0.15, -0.1) is 0 Å². The molecule has 0 saturated heterocycles. The normalized spacial score (nSPS) is 20.1. The smallest absolute Gasteiger partial charge is 0.407 e. The molecule has 1 saturated carbocycles. The Morgan fingerprint density at radius 2 is 1.94 bits per heavy atom. The maximum absolute atomic E-state index is 13.2. The number of allylic oxidation sites excluding steroid dienone is 1. The van der Waals surface area contributed by atoms with E-state index in [1.165, 1.54) is 0 Å². The van der Waals surface area contributed by atoms with Gasteiger partial charge >= 0.3 is 6.09 Å². The Morgan fingerprint density at radius 3 is 2.67 bits per heavy atom. The summed E-state index contributed by atoms with van der Waals surface area (Å²) in [6.45, 7) is 13.6. The zero-order valence-electron chi connectivity index (χ0n) is 21.5. The molecule has 1 fully saturated rings. The molecule has 9 heteroatoms. The maximum Gasteiger partial charge on any atom is 0.407 e. The predicted octanol–water partition coefficient (Wildman–Crippen LogP) is 5.21. The number of carbonyl (C=O) groups is 2. The van der Waals surface area contributed by atoms with Gasteiger partial charge in [-0.2, -0.15) is 5.10 Å². The standard InChI is InChI=1S/C27H34N6O3/c1-16(2)21-14-29-33-10-8-22(31-24(21)33)25(34)32-23-15-28-9-7-20(23)18-11-17(3)12-19(13-18)30-26(35)36-27(4,5)6/h7-10,14-15,17-19H,1,11-13H2,2-6H3,(H,30,35)(H,32,34)/t17-,18+,19-/m0/s1. The van der Waals surface area contributed by atoms with E-state index < -0.39 is 11.7 Å². The van der Waals surface area contributed by atoms with Crippen molar-refractivity contribution in [1.82, 2.24) is 24.9 Å². The van der Waals surface area contributed by atoms with Gasteiger partial charge in [0.05, 0.1) is 18.1 Å². The van der Waals surface area contributed by atoms with E-state index in [-0.39, 0.29) is 23.6 Å². The van der Waals surface area contributed by atoms with Crippen molar-refractivity contribution in [2.45, 2.75) is 71.4 Å². The molecule has 3 aromatic heterocycles. The van der Waals surface area contributed by atoms with Gasteiger partial charge in [-0.3, -0.25) is 9.78 Å². The van der Waals surface area contributed by atoms with E-state index in [4.69, 9.17) is 4.74 Å². The number of fused-ring (bicyclic) bond motifs is 1. The summed E-state index contributed by atoms with van der Waals surface area (Å²) in [4.78, 5) is 34.3. The summed E-state index contributed by atoms with van der Waals surface area (Å²) in [6, 6.07) is 3.56. The van der Waals surface area contributed by atoms with Crippen LogP contribution < -0.4 is 10.6 Å². The van der Waals surface area contributed by atoms with Crippen molar-refractivity contribution in [1.29, 1.82) is 0 Å². The summed E-state index contributed by atoms with van der Waals surface area (Å²) in [5.74, 6) is 0.215. The average Bonchev–Trinajstić information content (AvgIpc) is 3.21. The summed E-state index contributed by atoms with van der Waals surface area (Å²) in [5.41, 5.74) is 3.57. The number of pyridine rings is 1. The molecule has 3 atom stereocenters. The first-order chi connectivity index (χ1) is 17.0. The van der Waals surface area contributed by atoms with Gasteiger partial charge in [0.2, 0.25) is 0 Å². The van der Waals surface area contributed by atoms with Gasteiger partial charge in [-0.1, -0.05) is 13.5 Å². The van der Waals surface area contributed by atoms with Crippen molar-refractivity contribution in [3.8, 4) is 0 Å². The minimum atomic E-state index is -0.550. The van der Waals surface area contributed by atoms with Crippen molar-refractivity contribution >= 4 is 28.9 Å². The third kappa shape index (κ3) is 5.90. The molecule has 3 heterocycles. The first-order valence-corrected chi connectivity index (χ1v) is 12.2. The van der Waals surface area contributed by atoms with Crippen molar-refractivity contribution in [3.05, 3.63) is 60.3 Å². The Kier molecular flexibility index (Phi) is 7.10. The second-order valence-corrected chi connectivity index (χ2v) is 10.7. The highest BCUT2D eigenvalue weighted by atomic mass is 16.6. The van der Waals surface area contributed by atoms with Gasteiger partial charge in [0, 0.05) is 24.0 Å². The number of hydrogen-bond acceptors (Lipinski definition) is 6. The van der Waals surface area contributed by atoms with Gasteiger partial charge in [-0.05, 0) is 82.1 Å². The summed E-state index contributed by atoms with van der Waals surface area (Å²) < 4.78 is 7.08. The van der Waals surface area contributed by atoms with E-state index in [1.807, 2.05) is 33.8 Å². The van der Waals surface area contributed by atoms with Crippen LogP contribution in [0.5, 0.6) is 0 Å². The number of rotatable bonds is 5. The van der Waals surface area contributed by atoms with Gasteiger partial charge in [0.25, 0.3) is 5.91 Å². The molecule has 0 aromatic carbocycles. The highest BCUT2D eigenvalue weighted by Gasteiger charge is 2.31. The molecule has 3 aromatic rings. The summed E-state index contributed by atoms with van der Waals surface area (Å²) >= 11 is 0. The summed E-state index contributed by atoms with van der Waals surface area (Å²) in [5, 5.41) is 10.3. The van der Waals surface area contributed by atoms with E-state index in [0.717, 1.165) is 36.0 Å². The molecule has 190 valence electrons. The van der Waals surface area contributed by atoms with Crippen LogP contribution in [0.2, 0.25) is 0 Å². The molecule has 0 aliphatic heterocycles. The number of nitrogens with zero attached hydrogens (tertiary/aromatic N) is 4. The first kappa shape index (κ1) is 25.3. The highest BCUT2D eigenvalue weighted by molar-refractivity contribution is 6.03. The SMILES string of the molecule is C=C(C)c1cnn2ccc(C(=O)Nc3cnccc3[C@@H]3C[C@H](C)C[C@H](NC(=O)OC(C)(C)C)C3)nc12. The first-order valence-electron chi connectivity index (χ1n) is 12.2. The number of nitrogens with one attached hydrogen (secondary N) is 2. The zero-order chi connectivity index (χ0) is 26.0. The molecule has 4 rings (SSSR count). The largest absolute Gasteiger partial charge is 0.444 e.